The van der Waals surface area contributed by atoms with E-state index in [1.165, 1.54) is 25.7 Å². The second kappa shape index (κ2) is 2.28. The summed E-state index contributed by atoms with van der Waals surface area (Å²) in [5, 5.41) is 9.40. The number of aliphatic carboxylic acids is 1. The van der Waals surface area contributed by atoms with E-state index in [1.807, 2.05) is 0 Å². The zero-order valence-corrected chi connectivity index (χ0v) is 7.83. The Hall–Kier alpha value is -0.530. The van der Waals surface area contributed by atoms with E-state index < -0.39 is 5.97 Å². The molecule has 1 N–H and O–H groups in total. The zero-order valence-electron chi connectivity index (χ0n) is 7.83. The lowest BCUT2D eigenvalue weighted by atomic mass is 9.68. The van der Waals surface area contributed by atoms with Crippen molar-refractivity contribution in [2.75, 3.05) is 0 Å². The van der Waals surface area contributed by atoms with E-state index in [-0.39, 0.29) is 5.41 Å². The first-order valence-electron chi connectivity index (χ1n) is 5.48. The van der Waals surface area contributed by atoms with E-state index in [2.05, 4.69) is 0 Å². The van der Waals surface area contributed by atoms with Gasteiger partial charge < -0.3 is 5.11 Å². The molecule has 0 spiro atoms. The van der Waals surface area contributed by atoms with Crippen LogP contribution in [0.15, 0.2) is 0 Å². The monoisotopic (exact) mass is 180 g/mol. The molecular formula is C11H16O2. The van der Waals surface area contributed by atoms with E-state index in [0.717, 1.165) is 18.8 Å². The van der Waals surface area contributed by atoms with E-state index >= 15 is 0 Å². The van der Waals surface area contributed by atoms with Crippen LogP contribution in [0.4, 0.5) is 0 Å². The number of carboxylic acids is 1. The van der Waals surface area contributed by atoms with Crippen molar-refractivity contribution >= 4 is 5.97 Å². The van der Waals surface area contributed by atoms with Crippen LogP contribution in [-0.2, 0) is 4.79 Å². The summed E-state index contributed by atoms with van der Waals surface area (Å²) in [5.41, 5.74) is -0.261. The van der Waals surface area contributed by atoms with E-state index in [1.54, 1.807) is 0 Å². The average molecular weight is 180 g/mol. The summed E-state index contributed by atoms with van der Waals surface area (Å²) in [6, 6.07) is 0. The Bertz CT molecular complexity index is 261. The summed E-state index contributed by atoms with van der Waals surface area (Å²) in [6.45, 7) is 0. The second-order valence-electron chi connectivity index (χ2n) is 5.11. The fraction of sp³-hybridized carbons (Fsp3) is 0.909. The highest BCUT2D eigenvalue weighted by Crippen LogP contribution is 2.66. The Kier molecular flexibility index (Phi) is 1.38. The molecule has 0 aliphatic heterocycles. The van der Waals surface area contributed by atoms with Crippen LogP contribution in [0, 0.1) is 23.2 Å². The largest absolute Gasteiger partial charge is 0.481 e. The molecule has 2 bridgehead atoms. The first-order chi connectivity index (χ1) is 6.25. The maximum absolute atomic E-state index is 11.4. The molecule has 13 heavy (non-hydrogen) atoms. The number of carbonyl (C=O) groups is 1. The number of hydrogen-bond donors (Lipinski definition) is 1. The Morgan fingerprint density at radius 1 is 1.31 bits per heavy atom. The van der Waals surface area contributed by atoms with E-state index in [9.17, 15) is 9.90 Å². The van der Waals surface area contributed by atoms with Crippen molar-refractivity contribution in [1.29, 1.82) is 0 Å². The van der Waals surface area contributed by atoms with Gasteiger partial charge in [-0.3, -0.25) is 4.79 Å². The summed E-state index contributed by atoms with van der Waals surface area (Å²) in [7, 11) is 0. The van der Waals surface area contributed by atoms with Crippen molar-refractivity contribution in [3.8, 4) is 0 Å². The quantitative estimate of drug-likeness (QED) is 0.672. The normalized spacial score (nSPS) is 52.5. The van der Waals surface area contributed by atoms with E-state index in [0.29, 0.717) is 11.8 Å². The SMILES string of the molecule is O=C(O)[C@]12CCC[C@H]1[C@@H]1CC[C@H]2C1. The van der Waals surface area contributed by atoms with Crippen LogP contribution in [0.1, 0.15) is 38.5 Å². The number of fused-ring (bicyclic) bond motifs is 5. The fourth-order valence-electron chi connectivity index (χ4n) is 4.51. The van der Waals surface area contributed by atoms with Gasteiger partial charge in [-0.2, -0.15) is 0 Å². The zero-order chi connectivity index (χ0) is 9.05. The van der Waals surface area contributed by atoms with Crippen LogP contribution < -0.4 is 0 Å². The molecule has 0 aromatic heterocycles. The molecular weight excluding hydrogens is 164 g/mol. The third-order valence-electron chi connectivity index (χ3n) is 4.94. The summed E-state index contributed by atoms with van der Waals surface area (Å²) < 4.78 is 0. The standard InChI is InChI=1S/C11H16O2/c12-10(13)11-5-1-2-9(11)7-3-4-8(11)6-7/h7-9H,1-6H2,(H,12,13)/t7-,8+,9+,11+/m1/s1. The number of rotatable bonds is 1. The Labute approximate surface area is 78.3 Å². The molecule has 3 aliphatic rings. The van der Waals surface area contributed by atoms with Crippen LogP contribution in [0.2, 0.25) is 0 Å². The Morgan fingerprint density at radius 2 is 2.15 bits per heavy atom. The molecule has 0 unspecified atom stereocenters. The molecule has 0 heterocycles. The molecule has 0 amide bonds. The fourth-order valence-corrected chi connectivity index (χ4v) is 4.51. The molecule has 0 radical (unpaired) electrons. The molecule has 3 rings (SSSR count). The van der Waals surface area contributed by atoms with Gasteiger partial charge in [0.2, 0.25) is 0 Å². The van der Waals surface area contributed by atoms with Crippen molar-refractivity contribution in [2.24, 2.45) is 23.2 Å². The lowest BCUT2D eigenvalue weighted by molar-refractivity contribution is -0.154. The topological polar surface area (TPSA) is 37.3 Å². The van der Waals surface area contributed by atoms with Crippen LogP contribution in [0.5, 0.6) is 0 Å². The molecule has 0 aromatic carbocycles. The molecule has 0 aromatic rings. The van der Waals surface area contributed by atoms with Crippen molar-refractivity contribution in [3.63, 3.8) is 0 Å². The lowest BCUT2D eigenvalue weighted by Gasteiger charge is -2.35. The van der Waals surface area contributed by atoms with Crippen LogP contribution in [0.25, 0.3) is 0 Å². The molecule has 72 valence electrons. The minimum absolute atomic E-state index is 0.261. The number of hydrogen-bond acceptors (Lipinski definition) is 1. The summed E-state index contributed by atoms with van der Waals surface area (Å²) in [6.07, 6.45) is 7.03. The minimum atomic E-state index is -0.484. The van der Waals surface area contributed by atoms with Gasteiger partial charge in [0.05, 0.1) is 5.41 Å². The highest BCUT2D eigenvalue weighted by molar-refractivity contribution is 5.77. The van der Waals surface area contributed by atoms with Gasteiger partial charge in [0.1, 0.15) is 0 Å². The maximum Gasteiger partial charge on any atom is 0.310 e. The van der Waals surface area contributed by atoms with Gasteiger partial charge in [-0.1, -0.05) is 6.42 Å². The van der Waals surface area contributed by atoms with Gasteiger partial charge in [0.25, 0.3) is 0 Å². The first-order valence-corrected chi connectivity index (χ1v) is 5.48. The van der Waals surface area contributed by atoms with Crippen LogP contribution in [0.3, 0.4) is 0 Å². The predicted molar refractivity (Wildman–Crippen MR) is 48.2 cm³/mol. The molecule has 3 aliphatic carbocycles. The highest BCUT2D eigenvalue weighted by Gasteiger charge is 2.63. The molecule has 4 atom stereocenters. The van der Waals surface area contributed by atoms with Gasteiger partial charge in [-0.25, -0.2) is 0 Å². The van der Waals surface area contributed by atoms with Crippen LogP contribution in [-0.4, -0.2) is 11.1 Å². The average Bonchev–Trinajstić information content (AvgIpc) is 2.76. The molecule has 0 saturated heterocycles. The van der Waals surface area contributed by atoms with Crippen LogP contribution >= 0.6 is 0 Å². The lowest BCUT2D eigenvalue weighted by Crippen LogP contribution is -2.39. The molecule has 2 nitrogen and oxygen atoms in total. The minimum Gasteiger partial charge on any atom is -0.481 e. The van der Waals surface area contributed by atoms with Gasteiger partial charge in [-0.15, -0.1) is 0 Å². The predicted octanol–water partition coefficient (Wildman–Crippen LogP) is 2.29. The molecule has 3 fully saturated rings. The summed E-state index contributed by atoms with van der Waals surface area (Å²) in [5.74, 6) is 1.36. The molecule has 3 saturated carbocycles. The number of carboxylic acid groups (broad SMARTS) is 1. The van der Waals surface area contributed by atoms with Crippen molar-refractivity contribution in [1.82, 2.24) is 0 Å². The third kappa shape index (κ3) is 0.733. The highest BCUT2D eigenvalue weighted by atomic mass is 16.4. The second-order valence-corrected chi connectivity index (χ2v) is 5.11. The van der Waals surface area contributed by atoms with Gasteiger partial charge >= 0.3 is 5.97 Å². The molecule has 2 heteroatoms. The van der Waals surface area contributed by atoms with Gasteiger partial charge in [-0.05, 0) is 49.9 Å². The summed E-state index contributed by atoms with van der Waals surface area (Å²) >= 11 is 0. The maximum atomic E-state index is 11.4. The van der Waals surface area contributed by atoms with E-state index in [4.69, 9.17) is 0 Å². The van der Waals surface area contributed by atoms with Gasteiger partial charge in [0.15, 0.2) is 0 Å². The summed E-state index contributed by atoms with van der Waals surface area (Å²) in [4.78, 5) is 11.4. The first kappa shape index (κ1) is 7.84. The smallest absolute Gasteiger partial charge is 0.310 e. The van der Waals surface area contributed by atoms with Crippen molar-refractivity contribution < 1.29 is 9.90 Å². The van der Waals surface area contributed by atoms with Crippen molar-refractivity contribution in [3.05, 3.63) is 0 Å². The Balaban J connectivity index is 2.04. The van der Waals surface area contributed by atoms with Crippen molar-refractivity contribution in [2.45, 2.75) is 38.5 Å². The Morgan fingerprint density at radius 3 is 2.85 bits per heavy atom. The van der Waals surface area contributed by atoms with Gasteiger partial charge in [0, 0.05) is 0 Å². The third-order valence-corrected chi connectivity index (χ3v) is 4.94.